The fourth-order valence-corrected chi connectivity index (χ4v) is 1.62. The van der Waals surface area contributed by atoms with E-state index >= 15 is 0 Å². The first-order chi connectivity index (χ1) is 8.89. The molecule has 0 fully saturated rings. The SMILES string of the molecule is Cc1nccnc1C(=N)c1ccc(C(F)(F)F)cc1. The summed E-state index contributed by atoms with van der Waals surface area (Å²) in [6, 6.07) is 4.43. The number of rotatable bonds is 2. The maximum atomic E-state index is 12.4. The first kappa shape index (κ1) is 13.2. The van der Waals surface area contributed by atoms with Gasteiger partial charge >= 0.3 is 6.18 Å². The molecule has 19 heavy (non-hydrogen) atoms. The van der Waals surface area contributed by atoms with Crippen LogP contribution in [-0.2, 0) is 6.18 Å². The van der Waals surface area contributed by atoms with E-state index in [9.17, 15) is 13.2 Å². The minimum Gasteiger partial charge on any atom is -0.298 e. The van der Waals surface area contributed by atoms with Crippen molar-refractivity contribution in [2.24, 2.45) is 0 Å². The zero-order chi connectivity index (χ0) is 14.0. The third-order valence-corrected chi connectivity index (χ3v) is 2.62. The Hall–Kier alpha value is -2.24. The average molecular weight is 265 g/mol. The second-order valence-electron chi connectivity index (χ2n) is 3.94. The van der Waals surface area contributed by atoms with Gasteiger partial charge in [0.05, 0.1) is 17.0 Å². The maximum Gasteiger partial charge on any atom is 0.416 e. The molecule has 0 aliphatic heterocycles. The van der Waals surface area contributed by atoms with Gasteiger partial charge in [0.2, 0.25) is 0 Å². The molecule has 0 saturated carbocycles. The van der Waals surface area contributed by atoms with Crippen LogP contribution in [0.5, 0.6) is 0 Å². The van der Waals surface area contributed by atoms with Crippen molar-refractivity contribution in [2.75, 3.05) is 0 Å². The predicted octanol–water partition coefficient (Wildman–Crippen LogP) is 3.22. The minimum atomic E-state index is -4.37. The summed E-state index contributed by atoms with van der Waals surface area (Å²) in [7, 11) is 0. The number of aromatic nitrogens is 2. The zero-order valence-electron chi connectivity index (χ0n) is 9.99. The van der Waals surface area contributed by atoms with E-state index in [0.717, 1.165) is 12.1 Å². The zero-order valence-corrected chi connectivity index (χ0v) is 9.99. The molecule has 1 aromatic carbocycles. The molecule has 3 nitrogen and oxygen atoms in total. The molecule has 1 heterocycles. The van der Waals surface area contributed by atoms with E-state index in [1.54, 1.807) is 6.92 Å². The Morgan fingerprint density at radius 1 is 1.05 bits per heavy atom. The highest BCUT2D eigenvalue weighted by atomic mass is 19.4. The van der Waals surface area contributed by atoms with Crippen LogP contribution in [0.4, 0.5) is 13.2 Å². The van der Waals surface area contributed by atoms with Gasteiger partial charge in [-0.3, -0.25) is 15.4 Å². The lowest BCUT2D eigenvalue weighted by Crippen LogP contribution is -2.09. The van der Waals surface area contributed by atoms with Gasteiger partial charge in [-0.15, -0.1) is 0 Å². The van der Waals surface area contributed by atoms with Gasteiger partial charge in [0.25, 0.3) is 0 Å². The van der Waals surface area contributed by atoms with Crippen molar-refractivity contribution in [3.05, 3.63) is 59.2 Å². The van der Waals surface area contributed by atoms with Gasteiger partial charge in [0, 0.05) is 18.0 Å². The smallest absolute Gasteiger partial charge is 0.298 e. The lowest BCUT2D eigenvalue weighted by atomic mass is 10.0. The summed E-state index contributed by atoms with van der Waals surface area (Å²) in [5, 5.41) is 7.95. The van der Waals surface area contributed by atoms with E-state index in [2.05, 4.69) is 9.97 Å². The summed E-state index contributed by atoms with van der Waals surface area (Å²) < 4.78 is 37.3. The standard InChI is InChI=1S/C13H10F3N3/c1-8-12(19-7-6-18-8)11(17)9-2-4-10(5-3-9)13(14,15)16/h2-7,17H,1H3. The Kier molecular flexibility index (Phi) is 3.33. The molecule has 1 N–H and O–H groups in total. The van der Waals surface area contributed by atoms with Crippen LogP contribution in [0.2, 0.25) is 0 Å². The molecule has 0 radical (unpaired) electrons. The molecule has 0 atom stereocenters. The molecule has 1 aromatic heterocycles. The lowest BCUT2D eigenvalue weighted by molar-refractivity contribution is -0.137. The van der Waals surface area contributed by atoms with Crippen molar-refractivity contribution >= 4 is 5.71 Å². The Balaban J connectivity index is 2.34. The second kappa shape index (κ2) is 4.79. The van der Waals surface area contributed by atoms with Gasteiger partial charge in [-0.2, -0.15) is 13.2 Å². The van der Waals surface area contributed by atoms with Crippen molar-refractivity contribution < 1.29 is 13.2 Å². The van der Waals surface area contributed by atoms with Gasteiger partial charge in [-0.25, -0.2) is 0 Å². The number of hydrogen-bond acceptors (Lipinski definition) is 3. The van der Waals surface area contributed by atoms with Crippen molar-refractivity contribution in [1.29, 1.82) is 5.41 Å². The number of nitrogens with zero attached hydrogens (tertiary/aromatic N) is 2. The van der Waals surface area contributed by atoms with Gasteiger partial charge in [-0.1, -0.05) is 12.1 Å². The Morgan fingerprint density at radius 2 is 1.63 bits per heavy atom. The summed E-state index contributed by atoms with van der Waals surface area (Å²) in [5.41, 5.74) is 0.616. The highest BCUT2D eigenvalue weighted by molar-refractivity contribution is 6.10. The molecular formula is C13H10F3N3. The molecule has 98 valence electrons. The van der Waals surface area contributed by atoms with Gasteiger partial charge in [-0.05, 0) is 19.1 Å². The van der Waals surface area contributed by atoms with Crippen LogP contribution in [-0.4, -0.2) is 15.7 Å². The van der Waals surface area contributed by atoms with Crippen LogP contribution in [0.3, 0.4) is 0 Å². The lowest BCUT2D eigenvalue weighted by Gasteiger charge is -2.09. The highest BCUT2D eigenvalue weighted by Gasteiger charge is 2.30. The first-order valence-electron chi connectivity index (χ1n) is 5.44. The Morgan fingerprint density at radius 3 is 2.16 bits per heavy atom. The number of aryl methyl sites for hydroxylation is 1. The van der Waals surface area contributed by atoms with Crippen LogP contribution in [0.1, 0.15) is 22.5 Å². The molecule has 0 amide bonds. The monoisotopic (exact) mass is 265 g/mol. The van der Waals surface area contributed by atoms with E-state index in [1.807, 2.05) is 0 Å². The molecule has 6 heteroatoms. The fourth-order valence-electron chi connectivity index (χ4n) is 1.62. The van der Waals surface area contributed by atoms with Crippen LogP contribution >= 0.6 is 0 Å². The Labute approximate surface area is 107 Å². The summed E-state index contributed by atoms with van der Waals surface area (Å²) in [6.07, 6.45) is -1.43. The number of alkyl halides is 3. The van der Waals surface area contributed by atoms with Crippen molar-refractivity contribution in [3.63, 3.8) is 0 Å². The number of nitrogens with one attached hydrogen (secondary N) is 1. The molecule has 2 rings (SSSR count). The van der Waals surface area contributed by atoms with Gasteiger partial charge in [0.1, 0.15) is 5.69 Å². The summed E-state index contributed by atoms with van der Waals surface area (Å²) in [5.74, 6) is 0. The van der Waals surface area contributed by atoms with Gasteiger partial charge < -0.3 is 0 Å². The van der Waals surface area contributed by atoms with Crippen LogP contribution in [0.25, 0.3) is 0 Å². The molecule has 0 saturated heterocycles. The van der Waals surface area contributed by atoms with Gasteiger partial charge in [0.15, 0.2) is 0 Å². The predicted molar refractivity (Wildman–Crippen MR) is 64.1 cm³/mol. The quantitative estimate of drug-likeness (QED) is 0.847. The summed E-state index contributed by atoms with van der Waals surface area (Å²) >= 11 is 0. The largest absolute Gasteiger partial charge is 0.416 e. The first-order valence-corrected chi connectivity index (χ1v) is 5.44. The maximum absolute atomic E-state index is 12.4. The second-order valence-corrected chi connectivity index (χ2v) is 3.94. The number of hydrogen-bond donors (Lipinski definition) is 1. The van der Waals surface area contributed by atoms with E-state index in [4.69, 9.17) is 5.41 Å². The van der Waals surface area contributed by atoms with Crippen LogP contribution in [0.15, 0.2) is 36.7 Å². The molecule has 2 aromatic rings. The third kappa shape index (κ3) is 2.78. The van der Waals surface area contributed by atoms with Crippen molar-refractivity contribution in [2.45, 2.75) is 13.1 Å². The third-order valence-electron chi connectivity index (χ3n) is 2.62. The fraction of sp³-hybridized carbons (Fsp3) is 0.154. The Bertz CT molecular complexity index is 603. The number of benzene rings is 1. The van der Waals surface area contributed by atoms with Crippen molar-refractivity contribution in [1.82, 2.24) is 9.97 Å². The highest BCUT2D eigenvalue weighted by Crippen LogP contribution is 2.29. The van der Waals surface area contributed by atoms with Crippen LogP contribution < -0.4 is 0 Å². The molecule has 0 aliphatic rings. The topological polar surface area (TPSA) is 49.6 Å². The summed E-state index contributed by atoms with van der Waals surface area (Å²) in [6.45, 7) is 1.70. The minimum absolute atomic E-state index is 0.0549. The normalized spacial score (nSPS) is 11.4. The van der Waals surface area contributed by atoms with E-state index < -0.39 is 11.7 Å². The van der Waals surface area contributed by atoms with Crippen molar-refractivity contribution in [3.8, 4) is 0 Å². The van der Waals surface area contributed by atoms with E-state index in [0.29, 0.717) is 17.0 Å². The van der Waals surface area contributed by atoms with Crippen LogP contribution in [0, 0.1) is 12.3 Å². The van der Waals surface area contributed by atoms with E-state index in [-0.39, 0.29) is 5.71 Å². The molecule has 0 aliphatic carbocycles. The molecular weight excluding hydrogens is 255 g/mol. The number of halogens is 3. The van der Waals surface area contributed by atoms with E-state index in [1.165, 1.54) is 24.5 Å². The summed E-state index contributed by atoms with van der Waals surface area (Å²) in [4.78, 5) is 8.02. The average Bonchev–Trinajstić information content (AvgIpc) is 2.38. The molecule has 0 spiro atoms. The molecule has 0 unspecified atom stereocenters. The molecule has 0 bridgehead atoms.